The maximum absolute atomic E-state index is 12.3. The molecule has 2 rings (SSSR count). The summed E-state index contributed by atoms with van der Waals surface area (Å²) in [5, 5.41) is 0. The van der Waals surface area contributed by atoms with Gasteiger partial charge in [-0.25, -0.2) is 0 Å². The van der Waals surface area contributed by atoms with E-state index in [0.717, 1.165) is 38.8 Å². The smallest absolute Gasteiger partial charge is 0.225 e. The summed E-state index contributed by atoms with van der Waals surface area (Å²) in [5.74, 6) is 1.27. The Morgan fingerprint density at radius 1 is 1.25 bits per heavy atom. The lowest BCUT2D eigenvalue weighted by Crippen LogP contribution is -2.44. The lowest BCUT2D eigenvalue weighted by atomic mass is 9.84. The molecule has 3 unspecified atom stereocenters. The quantitative estimate of drug-likeness (QED) is 0.737. The first kappa shape index (κ1) is 11.9. The van der Waals surface area contributed by atoms with Crippen LogP contribution in [0.5, 0.6) is 0 Å². The van der Waals surface area contributed by atoms with E-state index in [4.69, 9.17) is 5.73 Å². The molecule has 0 spiro atoms. The maximum atomic E-state index is 12.3. The number of rotatable bonds is 1. The van der Waals surface area contributed by atoms with Gasteiger partial charge in [-0.15, -0.1) is 0 Å². The number of nitrogens with two attached hydrogens (primary N) is 1. The first-order valence-corrected chi connectivity index (χ1v) is 6.71. The molecule has 0 aromatic carbocycles. The van der Waals surface area contributed by atoms with Crippen LogP contribution in [-0.2, 0) is 4.79 Å². The van der Waals surface area contributed by atoms with E-state index in [0.29, 0.717) is 11.8 Å². The van der Waals surface area contributed by atoms with E-state index in [-0.39, 0.29) is 12.0 Å². The predicted molar refractivity (Wildman–Crippen MR) is 64.9 cm³/mol. The Bertz CT molecular complexity index is 230. The van der Waals surface area contributed by atoms with Crippen molar-refractivity contribution >= 4 is 5.91 Å². The largest absolute Gasteiger partial charge is 0.342 e. The minimum absolute atomic E-state index is 0.217. The number of likely N-dealkylation sites (tertiary alicyclic amines) is 1. The zero-order valence-corrected chi connectivity index (χ0v) is 10.3. The maximum Gasteiger partial charge on any atom is 0.225 e. The van der Waals surface area contributed by atoms with Crippen LogP contribution < -0.4 is 5.73 Å². The molecule has 0 radical (unpaired) electrons. The summed E-state index contributed by atoms with van der Waals surface area (Å²) in [4.78, 5) is 14.4. The molecule has 1 aliphatic carbocycles. The lowest BCUT2D eigenvalue weighted by Gasteiger charge is -2.35. The number of nitrogens with zero attached hydrogens (tertiary/aromatic N) is 1. The van der Waals surface area contributed by atoms with Gasteiger partial charge in [0.25, 0.3) is 0 Å². The zero-order valence-electron chi connectivity index (χ0n) is 10.3. The first-order chi connectivity index (χ1) is 7.66. The van der Waals surface area contributed by atoms with E-state index in [1.165, 1.54) is 12.8 Å². The molecule has 3 heteroatoms. The van der Waals surface area contributed by atoms with Gasteiger partial charge in [-0.05, 0) is 38.0 Å². The second kappa shape index (κ2) is 5.17. The Morgan fingerprint density at radius 3 is 2.75 bits per heavy atom. The van der Waals surface area contributed by atoms with Gasteiger partial charge in [0.2, 0.25) is 5.91 Å². The van der Waals surface area contributed by atoms with Crippen LogP contribution in [0.15, 0.2) is 0 Å². The number of carbonyl (C=O) groups excluding carboxylic acids is 1. The van der Waals surface area contributed by atoms with Crippen molar-refractivity contribution in [3.8, 4) is 0 Å². The van der Waals surface area contributed by atoms with Crippen molar-refractivity contribution in [1.82, 2.24) is 4.90 Å². The summed E-state index contributed by atoms with van der Waals surface area (Å²) in [6.45, 7) is 4.17. The van der Waals surface area contributed by atoms with E-state index in [1.54, 1.807) is 0 Å². The van der Waals surface area contributed by atoms with Crippen molar-refractivity contribution < 1.29 is 4.79 Å². The molecule has 3 atom stereocenters. The van der Waals surface area contributed by atoms with Crippen LogP contribution in [0.2, 0.25) is 0 Å². The minimum atomic E-state index is 0.217. The van der Waals surface area contributed by atoms with Gasteiger partial charge in [0.05, 0.1) is 0 Å². The van der Waals surface area contributed by atoms with Crippen LogP contribution in [0.3, 0.4) is 0 Å². The second-order valence-corrected chi connectivity index (χ2v) is 5.66. The highest BCUT2D eigenvalue weighted by Crippen LogP contribution is 2.26. The van der Waals surface area contributed by atoms with E-state index < -0.39 is 0 Å². The van der Waals surface area contributed by atoms with Gasteiger partial charge in [0.15, 0.2) is 0 Å². The van der Waals surface area contributed by atoms with Crippen LogP contribution in [0.1, 0.15) is 45.4 Å². The van der Waals surface area contributed by atoms with Crippen molar-refractivity contribution in [2.45, 2.75) is 51.5 Å². The second-order valence-electron chi connectivity index (χ2n) is 5.66. The Balaban J connectivity index is 1.90. The average Bonchev–Trinajstić information content (AvgIpc) is 2.28. The monoisotopic (exact) mass is 224 g/mol. The van der Waals surface area contributed by atoms with E-state index >= 15 is 0 Å². The molecular formula is C13H24N2O. The van der Waals surface area contributed by atoms with E-state index in [2.05, 4.69) is 11.8 Å². The third-order valence-corrected chi connectivity index (χ3v) is 4.03. The molecule has 1 amide bonds. The standard InChI is InChI=1S/C13H24N2O/c1-10-4-3-7-15(9-10)13(16)11-5-2-6-12(14)8-11/h10-12H,2-9,14H2,1H3. The molecule has 92 valence electrons. The molecule has 2 fully saturated rings. The third kappa shape index (κ3) is 2.76. The van der Waals surface area contributed by atoms with Gasteiger partial charge < -0.3 is 10.6 Å². The molecule has 1 saturated heterocycles. The molecule has 0 aromatic rings. The summed E-state index contributed by atoms with van der Waals surface area (Å²) in [7, 11) is 0. The van der Waals surface area contributed by atoms with Crippen molar-refractivity contribution in [1.29, 1.82) is 0 Å². The van der Waals surface area contributed by atoms with Gasteiger partial charge in [-0.1, -0.05) is 13.3 Å². The highest BCUT2D eigenvalue weighted by molar-refractivity contribution is 5.79. The molecular weight excluding hydrogens is 200 g/mol. The normalized spacial score (nSPS) is 36.1. The Hall–Kier alpha value is -0.570. The topological polar surface area (TPSA) is 46.3 Å². The van der Waals surface area contributed by atoms with Crippen molar-refractivity contribution in [2.24, 2.45) is 17.6 Å². The molecule has 0 bridgehead atoms. The fourth-order valence-electron chi connectivity index (χ4n) is 3.10. The number of piperidine rings is 1. The number of amides is 1. The van der Waals surface area contributed by atoms with Gasteiger partial charge in [0.1, 0.15) is 0 Å². The molecule has 1 heterocycles. The van der Waals surface area contributed by atoms with Crippen LogP contribution in [0.4, 0.5) is 0 Å². The lowest BCUT2D eigenvalue weighted by molar-refractivity contribution is -0.138. The van der Waals surface area contributed by atoms with Crippen LogP contribution >= 0.6 is 0 Å². The molecule has 3 nitrogen and oxygen atoms in total. The summed E-state index contributed by atoms with van der Waals surface area (Å²) in [6, 6.07) is 0.255. The molecule has 1 aliphatic heterocycles. The third-order valence-electron chi connectivity index (χ3n) is 4.03. The van der Waals surface area contributed by atoms with E-state index in [9.17, 15) is 4.79 Å². The summed E-state index contributed by atoms with van der Waals surface area (Å²) in [6.07, 6.45) is 6.63. The number of hydrogen-bond donors (Lipinski definition) is 1. The van der Waals surface area contributed by atoms with E-state index in [1.807, 2.05) is 0 Å². The fraction of sp³-hybridized carbons (Fsp3) is 0.923. The van der Waals surface area contributed by atoms with Crippen molar-refractivity contribution in [2.75, 3.05) is 13.1 Å². The van der Waals surface area contributed by atoms with Crippen LogP contribution in [-0.4, -0.2) is 29.9 Å². The van der Waals surface area contributed by atoms with Gasteiger partial charge in [0, 0.05) is 25.0 Å². The molecule has 2 N–H and O–H groups in total. The molecule has 1 saturated carbocycles. The Kier molecular flexibility index (Phi) is 3.85. The predicted octanol–water partition coefficient (Wildman–Crippen LogP) is 1.76. The first-order valence-electron chi connectivity index (χ1n) is 6.71. The summed E-state index contributed by atoms with van der Waals surface area (Å²) < 4.78 is 0. The number of carbonyl (C=O) groups is 1. The number of hydrogen-bond acceptors (Lipinski definition) is 2. The highest BCUT2D eigenvalue weighted by Gasteiger charge is 2.30. The zero-order chi connectivity index (χ0) is 11.5. The van der Waals surface area contributed by atoms with Crippen molar-refractivity contribution in [3.63, 3.8) is 0 Å². The SMILES string of the molecule is CC1CCCN(C(=O)C2CCCC(N)C2)C1. The van der Waals surface area contributed by atoms with Crippen LogP contribution in [0, 0.1) is 11.8 Å². The van der Waals surface area contributed by atoms with Gasteiger partial charge >= 0.3 is 0 Å². The average molecular weight is 224 g/mol. The summed E-state index contributed by atoms with van der Waals surface area (Å²) >= 11 is 0. The van der Waals surface area contributed by atoms with Gasteiger partial charge in [-0.3, -0.25) is 4.79 Å². The summed E-state index contributed by atoms with van der Waals surface area (Å²) in [5.41, 5.74) is 5.95. The Morgan fingerprint density at radius 2 is 2.06 bits per heavy atom. The van der Waals surface area contributed by atoms with Crippen LogP contribution in [0.25, 0.3) is 0 Å². The van der Waals surface area contributed by atoms with Crippen molar-refractivity contribution in [3.05, 3.63) is 0 Å². The fourth-order valence-corrected chi connectivity index (χ4v) is 3.10. The molecule has 0 aromatic heterocycles. The van der Waals surface area contributed by atoms with Gasteiger partial charge in [-0.2, -0.15) is 0 Å². The molecule has 16 heavy (non-hydrogen) atoms. The minimum Gasteiger partial charge on any atom is -0.342 e. The molecule has 2 aliphatic rings. The Labute approximate surface area is 98.4 Å². The highest BCUT2D eigenvalue weighted by atomic mass is 16.2.